The molecule has 1 aromatic heterocycles. The Bertz CT molecular complexity index is 404. The van der Waals surface area contributed by atoms with Crippen LogP contribution in [0.3, 0.4) is 0 Å². The van der Waals surface area contributed by atoms with E-state index in [1.54, 1.807) is 6.92 Å². The maximum absolute atomic E-state index is 12.8. The highest BCUT2D eigenvalue weighted by Crippen LogP contribution is 2.20. The van der Waals surface area contributed by atoms with Gasteiger partial charge in [-0.3, -0.25) is 4.79 Å². The van der Waals surface area contributed by atoms with Crippen LogP contribution in [0.1, 0.15) is 17.7 Å². The largest absolute Gasteiger partial charge is 0.350 e. The Balaban J connectivity index is 2.38. The Hall–Kier alpha value is -1.21. The SMILES string of the molecule is Cc1noc(Cl)c1CCC(=O)NCC(F)(F)CN. The quantitative estimate of drug-likeness (QED) is 0.823. The van der Waals surface area contributed by atoms with Crippen LogP contribution in [0.5, 0.6) is 0 Å². The summed E-state index contributed by atoms with van der Waals surface area (Å²) in [5, 5.41) is 5.85. The van der Waals surface area contributed by atoms with Crippen LogP contribution in [0.15, 0.2) is 4.52 Å². The van der Waals surface area contributed by atoms with Crippen molar-refractivity contribution in [2.45, 2.75) is 25.7 Å². The number of halogens is 3. The number of aryl methyl sites for hydroxylation is 1. The molecule has 0 atom stereocenters. The first kappa shape index (κ1) is 14.8. The van der Waals surface area contributed by atoms with Crippen LogP contribution >= 0.6 is 11.6 Å². The minimum Gasteiger partial charge on any atom is -0.350 e. The van der Waals surface area contributed by atoms with E-state index >= 15 is 0 Å². The Morgan fingerprint density at radius 1 is 1.61 bits per heavy atom. The van der Waals surface area contributed by atoms with Gasteiger partial charge in [-0.15, -0.1) is 0 Å². The standard InChI is InChI=1S/C10H14ClF2N3O2/c1-6-7(9(11)18-16-6)2-3-8(17)15-5-10(12,13)4-14/h2-5,14H2,1H3,(H,15,17). The minimum absolute atomic E-state index is 0.0302. The van der Waals surface area contributed by atoms with Crippen molar-refractivity contribution >= 4 is 17.5 Å². The first-order valence-corrected chi connectivity index (χ1v) is 5.69. The highest BCUT2D eigenvalue weighted by molar-refractivity contribution is 6.29. The van der Waals surface area contributed by atoms with Crippen LogP contribution < -0.4 is 11.1 Å². The Morgan fingerprint density at radius 3 is 2.78 bits per heavy atom. The molecule has 0 fully saturated rings. The van der Waals surface area contributed by atoms with Gasteiger partial charge < -0.3 is 15.6 Å². The summed E-state index contributed by atoms with van der Waals surface area (Å²) in [6.07, 6.45) is 0.316. The molecule has 5 nitrogen and oxygen atoms in total. The first-order valence-electron chi connectivity index (χ1n) is 5.31. The molecule has 0 radical (unpaired) electrons. The highest BCUT2D eigenvalue weighted by Gasteiger charge is 2.27. The molecule has 0 bridgehead atoms. The van der Waals surface area contributed by atoms with Crippen molar-refractivity contribution in [2.24, 2.45) is 5.73 Å². The van der Waals surface area contributed by atoms with Gasteiger partial charge in [0.25, 0.3) is 5.92 Å². The second-order valence-electron chi connectivity index (χ2n) is 3.86. The molecule has 0 spiro atoms. The zero-order valence-electron chi connectivity index (χ0n) is 9.80. The van der Waals surface area contributed by atoms with Crippen LogP contribution in [-0.2, 0) is 11.2 Å². The van der Waals surface area contributed by atoms with E-state index < -0.39 is 24.9 Å². The Morgan fingerprint density at radius 2 is 2.28 bits per heavy atom. The monoisotopic (exact) mass is 281 g/mol. The summed E-state index contributed by atoms with van der Waals surface area (Å²) in [5.74, 6) is -3.58. The first-order chi connectivity index (χ1) is 8.35. The molecule has 0 saturated carbocycles. The van der Waals surface area contributed by atoms with Gasteiger partial charge in [0.2, 0.25) is 11.1 Å². The van der Waals surface area contributed by atoms with Crippen molar-refractivity contribution in [2.75, 3.05) is 13.1 Å². The van der Waals surface area contributed by atoms with Gasteiger partial charge in [0, 0.05) is 12.0 Å². The van der Waals surface area contributed by atoms with E-state index in [1.807, 2.05) is 0 Å². The second-order valence-corrected chi connectivity index (χ2v) is 4.20. The lowest BCUT2D eigenvalue weighted by Crippen LogP contribution is -2.41. The number of carbonyl (C=O) groups is 1. The molecule has 1 amide bonds. The molecular weight excluding hydrogens is 268 g/mol. The number of rotatable bonds is 6. The topological polar surface area (TPSA) is 81.2 Å². The molecule has 0 aliphatic rings. The third kappa shape index (κ3) is 4.23. The number of aromatic nitrogens is 1. The maximum atomic E-state index is 12.8. The number of carbonyl (C=O) groups excluding carboxylic acids is 1. The van der Waals surface area contributed by atoms with Gasteiger partial charge in [-0.1, -0.05) is 5.16 Å². The zero-order chi connectivity index (χ0) is 13.8. The molecule has 18 heavy (non-hydrogen) atoms. The molecule has 0 aliphatic carbocycles. The fourth-order valence-corrected chi connectivity index (χ4v) is 1.53. The fourth-order valence-electron chi connectivity index (χ4n) is 1.27. The summed E-state index contributed by atoms with van der Waals surface area (Å²) >= 11 is 5.70. The van der Waals surface area contributed by atoms with Crippen LogP contribution in [0.4, 0.5) is 8.78 Å². The van der Waals surface area contributed by atoms with Gasteiger partial charge in [0.05, 0.1) is 18.8 Å². The number of hydrogen-bond donors (Lipinski definition) is 2. The summed E-state index contributed by atoms with van der Waals surface area (Å²) in [4.78, 5) is 11.3. The van der Waals surface area contributed by atoms with Crippen molar-refractivity contribution < 1.29 is 18.1 Å². The van der Waals surface area contributed by atoms with E-state index in [0.29, 0.717) is 11.3 Å². The summed E-state index contributed by atoms with van der Waals surface area (Å²) in [6, 6.07) is 0. The molecule has 0 saturated heterocycles. The maximum Gasteiger partial charge on any atom is 0.277 e. The number of nitrogens with zero attached hydrogens (tertiary/aromatic N) is 1. The van der Waals surface area contributed by atoms with Gasteiger partial charge in [-0.05, 0) is 24.9 Å². The Labute approximate surface area is 108 Å². The molecule has 8 heteroatoms. The summed E-state index contributed by atoms with van der Waals surface area (Å²) in [6.45, 7) is 0.119. The summed E-state index contributed by atoms with van der Waals surface area (Å²) in [5.41, 5.74) is 6.04. The van der Waals surface area contributed by atoms with Crippen molar-refractivity contribution in [3.63, 3.8) is 0 Å². The van der Waals surface area contributed by atoms with Gasteiger partial charge in [-0.25, -0.2) is 8.78 Å². The molecule has 3 N–H and O–H groups in total. The normalized spacial score (nSPS) is 11.6. The molecule has 1 heterocycles. The van der Waals surface area contributed by atoms with Crippen LogP contribution in [-0.4, -0.2) is 30.1 Å². The number of alkyl halides is 2. The van der Waals surface area contributed by atoms with Crippen molar-refractivity contribution in [3.8, 4) is 0 Å². The van der Waals surface area contributed by atoms with Crippen LogP contribution in [0.2, 0.25) is 5.22 Å². The minimum atomic E-state index is -3.08. The van der Waals surface area contributed by atoms with Gasteiger partial charge >= 0.3 is 0 Å². The van der Waals surface area contributed by atoms with E-state index in [0.717, 1.165) is 0 Å². The van der Waals surface area contributed by atoms with E-state index in [-0.39, 0.29) is 18.1 Å². The van der Waals surface area contributed by atoms with Crippen molar-refractivity contribution in [1.29, 1.82) is 0 Å². The molecule has 1 rings (SSSR count). The van der Waals surface area contributed by atoms with Crippen LogP contribution in [0.25, 0.3) is 0 Å². The smallest absolute Gasteiger partial charge is 0.277 e. The third-order valence-corrected chi connectivity index (χ3v) is 2.68. The van der Waals surface area contributed by atoms with Crippen molar-refractivity contribution in [1.82, 2.24) is 10.5 Å². The molecular formula is C10H14ClF2N3O2. The number of nitrogens with one attached hydrogen (secondary N) is 1. The predicted octanol–water partition coefficient (Wildman–Crippen LogP) is 1.28. The average molecular weight is 282 g/mol. The molecule has 0 aliphatic heterocycles. The van der Waals surface area contributed by atoms with Gasteiger partial charge in [-0.2, -0.15) is 0 Å². The lowest BCUT2D eigenvalue weighted by Gasteiger charge is -2.14. The van der Waals surface area contributed by atoms with E-state index in [2.05, 4.69) is 10.5 Å². The van der Waals surface area contributed by atoms with E-state index in [9.17, 15) is 13.6 Å². The molecule has 0 aromatic carbocycles. The van der Waals surface area contributed by atoms with Gasteiger partial charge in [0.15, 0.2) is 0 Å². The number of nitrogens with two attached hydrogens (primary N) is 1. The lowest BCUT2D eigenvalue weighted by atomic mass is 10.1. The molecule has 1 aromatic rings. The average Bonchev–Trinajstić information content (AvgIpc) is 2.64. The zero-order valence-corrected chi connectivity index (χ0v) is 10.6. The van der Waals surface area contributed by atoms with Crippen LogP contribution in [0, 0.1) is 6.92 Å². The Kier molecular flexibility index (Phi) is 5.03. The number of hydrogen-bond acceptors (Lipinski definition) is 4. The molecule has 0 unspecified atom stereocenters. The second kappa shape index (κ2) is 6.10. The highest BCUT2D eigenvalue weighted by atomic mass is 35.5. The predicted molar refractivity (Wildman–Crippen MR) is 61.6 cm³/mol. The summed E-state index contributed by atoms with van der Waals surface area (Å²) in [7, 11) is 0. The lowest BCUT2D eigenvalue weighted by molar-refractivity contribution is -0.122. The van der Waals surface area contributed by atoms with Crippen molar-refractivity contribution in [3.05, 3.63) is 16.5 Å². The van der Waals surface area contributed by atoms with Gasteiger partial charge in [0.1, 0.15) is 0 Å². The summed E-state index contributed by atoms with van der Waals surface area (Å²) < 4.78 is 30.2. The molecule has 102 valence electrons. The van der Waals surface area contributed by atoms with E-state index in [1.165, 1.54) is 0 Å². The van der Waals surface area contributed by atoms with E-state index in [4.69, 9.17) is 21.9 Å². The fraction of sp³-hybridized carbons (Fsp3) is 0.600. The number of amides is 1. The third-order valence-electron chi connectivity index (χ3n) is 2.38.